The van der Waals surface area contributed by atoms with E-state index in [9.17, 15) is 13.8 Å². The Bertz CT molecular complexity index is 540. The Labute approximate surface area is 126 Å². The maximum absolute atomic E-state index is 14.8. The van der Waals surface area contributed by atoms with Gasteiger partial charge in [0.1, 0.15) is 10.3 Å². The van der Waals surface area contributed by atoms with Crippen LogP contribution in [0.25, 0.3) is 0 Å². The molecule has 0 spiro atoms. The quantitative estimate of drug-likeness (QED) is 0.687. The standard InChI is InChI=1S/C12H13BCl2F2N2O/c1-13(20)19-5-8-4-11(8,6-19)12(16,17)7-2-9(14)18-10(15)3-7/h2-3,8,20H,4-6H2,1H3/t8-,11?/m1/s1. The highest BCUT2D eigenvalue weighted by atomic mass is 35.5. The van der Waals surface area contributed by atoms with E-state index >= 15 is 0 Å². The van der Waals surface area contributed by atoms with Crippen molar-refractivity contribution in [3.05, 3.63) is 28.0 Å². The summed E-state index contributed by atoms with van der Waals surface area (Å²) in [6.07, 6.45) is 0.459. The molecule has 1 aromatic rings. The van der Waals surface area contributed by atoms with Gasteiger partial charge in [0.2, 0.25) is 0 Å². The minimum Gasteiger partial charge on any atom is -0.437 e. The van der Waals surface area contributed by atoms with Crippen molar-refractivity contribution >= 4 is 30.3 Å². The van der Waals surface area contributed by atoms with Crippen molar-refractivity contribution in [3.8, 4) is 0 Å². The monoisotopic (exact) mass is 320 g/mol. The summed E-state index contributed by atoms with van der Waals surface area (Å²) in [6, 6.07) is 2.34. The summed E-state index contributed by atoms with van der Waals surface area (Å²) in [6.45, 7) is 2.27. The van der Waals surface area contributed by atoms with Gasteiger partial charge in [-0.2, -0.15) is 0 Å². The molecule has 0 bridgehead atoms. The first-order valence-electron chi connectivity index (χ1n) is 6.40. The maximum atomic E-state index is 14.8. The van der Waals surface area contributed by atoms with E-state index in [1.54, 1.807) is 11.6 Å². The maximum Gasteiger partial charge on any atom is 0.376 e. The second-order valence-electron chi connectivity index (χ2n) is 5.69. The van der Waals surface area contributed by atoms with Crippen LogP contribution < -0.4 is 0 Å². The molecule has 0 aromatic carbocycles. The van der Waals surface area contributed by atoms with Crippen molar-refractivity contribution in [2.75, 3.05) is 13.1 Å². The SMILES string of the molecule is CB(O)N1C[C@H]2CC2(C(F)(F)c2cc(Cl)nc(Cl)c2)C1. The summed E-state index contributed by atoms with van der Waals surface area (Å²) in [5.74, 6) is -3.13. The number of piperidine rings is 1. The van der Waals surface area contributed by atoms with Crippen LogP contribution in [0.1, 0.15) is 12.0 Å². The van der Waals surface area contributed by atoms with Gasteiger partial charge in [-0.05, 0) is 37.8 Å². The fraction of sp³-hybridized carbons (Fsp3) is 0.583. The van der Waals surface area contributed by atoms with Crippen LogP contribution in [-0.2, 0) is 5.92 Å². The molecular weight excluding hydrogens is 308 g/mol. The molecule has 8 heteroatoms. The predicted octanol–water partition coefficient (Wildman–Crippen LogP) is 2.91. The smallest absolute Gasteiger partial charge is 0.376 e. The van der Waals surface area contributed by atoms with E-state index in [0.717, 1.165) is 0 Å². The summed E-state index contributed by atoms with van der Waals surface area (Å²) in [4.78, 5) is 5.37. The number of aromatic nitrogens is 1. The molecule has 20 heavy (non-hydrogen) atoms. The van der Waals surface area contributed by atoms with Gasteiger partial charge in [-0.15, -0.1) is 0 Å². The Morgan fingerprint density at radius 2 is 2.05 bits per heavy atom. The van der Waals surface area contributed by atoms with Crippen LogP contribution in [0, 0.1) is 11.3 Å². The number of alkyl halides is 2. The third kappa shape index (κ3) is 2.05. The third-order valence-electron chi connectivity index (χ3n) is 4.45. The second kappa shape index (κ2) is 4.53. The summed E-state index contributed by atoms with van der Waals surface area (Å²) >= 11 is 11.4. The van der Waals surface area contributed by atoms with E-state index in [2.05, 4.69) is 4.98 Å². The average molecular weight is 321 g/mol. The first kappa shape index (κ1) is 14.5. The number of halogens is 4. The van der Waals surface area contributed by atoms with Crippen molar-refractivity contribution in [3.63, 3.8) is 0 Å². The third-order valence-corrected chi connectivity index (χ3v) is 4.84. The number of rotatable bonds is 3. The van der Waals surface area contributed by atoms with Crippen LogP contribution in [-0.4, -0.2) is 35.0 Å². The lowest BCUT2D eigenvalue weighted by atomic mass is 9.83. The van der Waals surface area contributed by atoms with Crippen molar-refractivity contribution in [1.29, 1.82) is 0 Å². The molecule has 1 aliphatic carbocycles. The van der Waals surface area contributed by atoms with Gasteiger partial charge < -0.3 is 9.83 Å². The minimum atomic E-state index is -3.03. The fourth-order valence-corrected chi connectivity index (χ4v) is 3.69. The molecular formula is C12H13BCl2F2N2O. The van der Waals surface area contributed by atoms with Crippen LogP contribution in [0.5, 0.6) is 0 Å². The fourth-order valence-electron chi connectivity index (χ4n) is 3.23. The molecule has 1 N–H and O–H groups in total. The van der Waals surface area contributed by atoms with E-state index in [4.69, 9.17) is 23.2 Å². The molecule has 0 amide bonds. The summed E-state index contributed by atoms with van der Waals surface area (Å²) in [5, 5.41) is 9.49. The molecule has 1 saturated carbocycles. The van der Waals surface area contributed by atoms with E-state index in [1.165, 1.54) is 12.1 Å². The number of fused-ring (bicyclic) bond motifs is 1. The second-order valence-corrected chi connectivity index (χ2v) is 6.47. The number of hydrogen-bond acceptors (Lipinski definition) is 3. The summed E-state index contributed by atoms with van der Waals surface area (Å²) in [7, 11) is -0.708. The normalized spacial score (nSPS) is 29.4. The number of pyridine rings is 1. The molecule has 3 rings (SSSR count). The van der Waals surface area contributed by atoms with Gasteiger partial charge in [-0.25, -0.2) is 13.8 Å². The lowest BCUT2D eigenvalue weighted by Crippen LogP contribution is -2.40. The summed E-state index contributed by atoms with van der Waals surface area (Å²) < 4.78 is 29.7. The lowest BCUT2D eigenvalue weighted by molar-refractivity contribution is -0.0812. The van der Waals surface area contributed by atoms with Crippen molar-refractivity contribution in [2.45, 2.75) is 19.2 Å². The topological polar surface area (TPSA) is 36.4 Å². The van der Waals surface area contributed by atoms with Gasteiger partial charge in [-0.3, -0.25) is 0 Å². The zero-order valence-corrected chi connectivity index (χ0v) is 12.3. The number of nitrogens with zero attached hydrogens (tertiary/aromatic N) is 2. The van der Waals surface area contributed by atoms with Gasteiger partial charge in [0, 0.05) is 12.1 Å². The van der Waals surface area contributed by atoms with Crippen LogP contribution in [0.15, 0.2) is 12.1 Å². The minimum absolute atomic E-state index is 0.0360. The van der Waals surface area contributed by atoms with E-state index in [-0.39, 0.29) is 28.3 Å². The zero-order chi connectivity index (χ0) is 14.7. The molecule has 1 unspecified atom stereocenters. The van der Waals surface area contributed by atoms with Crippen LogP contribution >= 0.6 is 23.2 Å². The van der Waals surface area contributed by atoms with Crippen molar-refractivity contribution in [1.82, 2.24) is 9.79 Å². The molecule has 3 nitrogen and oxygen atoms in total. The molecule has 0 radical (unpaired) electrons. The van der Waals surface area contributed by atoms with E-state index in [1.807, 2.05) is 0 Å². The molecule has 2 fully saturated rings. The van der Waals surface area contributed by atoms with E-state index in [0.29, 0.717) is 13.0 Å². The molecule has 1 aliphatic heterocycles. The Kier molecular flexibility index (Phi) is 3.29. The van der Waals surface area contributed by atoms with Gasteiger partial charge in [0.15, 0.2) is 0 Å². The first-order chi connectivity index (χ1) is 9.26. The highest BCUT2D eigenvalue weighted by Crippen LogP contribution is 2.69. The van der Waals surface area contributed by atoms with Gasteiger partial charge in [-0.1, -0.05) is 23.2 Å². The average Bonchev–Trinajstić information content (AvgIpc) is 2.91. The molecule has 2 aliphatic rings. The van der Waals surface area contributed by atoms with E-state index < -0.39 is 18.4 Å². The van der Waals surface area contributed by atoms with Crippen LogP contribution in [0.2, 0.25) is 17.1 Å². The Balaban J connectivity index is 1.93. The Morgan fingerprint density at radius 1 is 1.45 bits per heavy atom. The molecule has 1 saturated heterocycles. The predicted molar refractivity (Wildman–Crippen MR) is 74.1 cm³/mol. The summed E-state index contributed by atoms with van der Waals surface area (Å²) in [5.41, 5.74) is -1.31. The highest BCUT2D eigenvalue weighted by Gasteiger charge is 2.73. The molecule has 1 aromatic heterocycles. The van der Waals surface area contributed by atoms with Gasteiger partial charge in [0.05, 0.1) is 5.41 Å². The highest BCUT2D eigenvalue weighted by molar-refractivity contribution is 6.45. The van der Waals surface area contributed by atoms with Gasteiger partial charge in [0.25, 0.3) is 5.92 Å². The van der Waals surface area contributed by atoms with Gasteiger partial charge >= 0.3 is 7.05 Å². The first-order valence-corrected chi connectivity index (χ1v) is 7.15. The Morgan fingerprint density at radius 3 is 2.55 bits per heavy atom. The molecule has 108 valence electrons. The van der Waals surface area contributed by atoms with Crippen molar-refractivity contribution < 1.29 is 13.8 Å². The Hall–Kier alpha value is -0.425. The lowest BCUT2D eigenvalue weighted by Gasteiger charge is -2.28. The van der Waals surface area contributed by atoms with Crippen LogP contribution in [0.4, 0.5) is 8.78 Å². The number of hydrogen-bond donors (Lipinski definition) is 1. The molecule has 2 atom stereocenters. The van der Waals surface area contributed by atoms with Crippen LogP contribution in [0.3, 0.4) is 0 Å². The largest absolute Gasteiger partial charge is 0.437 e. The van der Waals surface area contributed by atoms with Crippen molar-refractivity contribution in [2.24, 2.45) is 11.3 Å². The molecule has 2 heterocycles. The zero-order valence-electron chi connectivity index (χ0n) is 10.8.